The first-order chi connectivity index (χ1) is 10.0. The lowest BCUT2D eigenvalue weighted by molar-refractivity contribution is -0.130. The van der Waals surface area contributed by atoms with Gasteiger partial charge in [-0.15, -0.1) is 0 Å². The number of methoxy groups -OCH3 is 1. The lowest BCUT2D eigenvalue weighted by atomic mass is 9.81. The van der Waals surface area contributed by atoms with Gasteiger partial charge >= 0.3 is 0 Å². The zero-order chi connectivity index (χ0) is 15.7. The van der Waals surface area contributed by atoms with Crippen molar-refractivity contribution in [2.75, 3.05) is 26.8 Å². The molecular weight excluding hydrogens is 268 g/mol. The molecule has 0 spiro atoms. The van der Waals surface area contributed by atoms with Crippen LogP contribution >= 0.6 is 0 Å². The molecule has 1 aliphatic carbocycles. The van der Waals surface area contributed by atoms with Crippen LogP contribution in [0.1, 0.15) is 46.0 Å². The van der Waals surface area contributed by atoms with Gasteiger partial charge < -0.3 is 15.4 Å². The van der Waals surface area contributed by atoms with E-state index in [1.54, 1.807) is 7.11 Å². The minimum absolute atomic E-state index is 0.0710. The van der Waals surface area contributed by atoms with E-state index in [-0.39, 0.29) is 23.7 Å². The van der Waals surface area contributed by atoms with Gasteiger partial charge in [0.2, 0.25) is 11.8 Å². The SMILES string of the molecule is COCCCNC(=O)C1CCC(C(=O)NCC(C)C)CC1. The van der Waals surface area contributed by atoms with E-state index >= 15 is 0 Å². The van der Waals surface area contributed by atoms with Crippen LogP contribution in [0.5, 0.6) is 0 Å². The highest BCUT2D eigenvalue weighted by Crippen LogP contribution is 2.29. The maximum Gasteiger partial charge on any atom is 0.223 e. The lowest BCUT2D eigenvalue weighted by Gasteiger charge is -2.27. The van der Waals surface area contributed by atoms with Crippen molar-refractivity contribution >= 4 is 11.8 Å². The molecule has 2 N–H and O–H groups in total. The molecule has 0 heterocycles. The summed E-state index contributed by atoms with van der Waals surface area (Å²) in [6.07, 6.45) is 4.11. The van der Waals surface area contributed by atoms with Crippen LogP contribution in [-0.2, 0) is 14.3 Å². The highest BCUT2D eigenvalue weighted by molar-refractivity contribution is 5.81. The standard InChI is InChI=1S/C16H30N2O3/c1-12(2)11-18-16(20)14-7-5-13(6-8-14)15(19)17-9-4-10-21-3/h12-14H,4-11H2,1-3H3,(H,17,19)(H,18,20). The van der Waals surface area contributed by atoms with Gasteiger partial charge in [-0.3, -0.25) is 9.59 Å². The summed E-state index contributed by atoms with van der Waals surface area (Å²) < 4.78 is 4.95. The van der Waals surface area contributed by atoms with Gasteiger partial charge in [0.15, 0.2) is 0 Å². The average Bonchev–Trinajstić information content (AvgIpc) is 2.49. The number of hydrogen-bond acceptors (Lipinski definition) is 3. The Hall–Kier alpha value is -1.10. The van der Waals surface area contributed by atoms with Gasteiger partial charge in [-0.25, -0.2) is 0 Å². The van der Waals surface area contributed by atoms with Gasteiger partial charge in [0.1, 0.15) is 0 Å². The summed E-state index contributed by atoms with van der Waals surface area (Å²) in [4.78, 5) is 24.0. The Labute approximate surface area is 128 Å². The minimum Gasteiger partial charge on any atom is -0.385 e. The molecule has 21 heavy (non-hydrogen) atoms. The van der Waals surface area contributed by atoms with Gasteiger partial charge in [-0.2, -0.15) is 0 Å². The molecule has 1 saturated carbocycles. The van der Waals surface area contributed by atoms with Crippen LogP contribution < -0.4 is 10.6 Å². The molecule has 0 saturated heterocycles. The molecule has 0 aliphatic heterocycles. The van der Waals surface area contributed by atoms with Crippen LogP contribution in [0.15, 0.2) is 0 Å². The van der Waals surface area contributed by atoms with E-state index in [0.29, 0.717) is 19.1 Å². The largest absolute Gasteiger partial charge is 0.385 e. The molecule has 1 aliphatic rings. The summed E-state index contributed by atoms with van der Waals surface area (Å²) in [5.74, 6) is 0.918. The number of amides is 2. The summed E-state index contributed by atoms with van der Waals surface area (Å²) >= 11 is 0. The molecule has 0 radical (unpaired) electrons. The molecule has 1 rings (SSSR count). The first-order valence-electron chi connectivity index (χ1n) is 8.09. The molecule has 0 aromatic rings. The maximum absolute atomic E-state index is 12.0. The first kappa shape index (κ1) is 18.0. The number of nitrogens with one attached hydrogen (secondary N) is 2. The van der Waals surface area contributed by atoms with Gasteiger partial charge in [0.25, 0.3) is 0 Å². The van der Waals surface area contributed by atoms with Crippen molar-refractivity contribution in [3.05, 3.63) is 0 Å². The van der Waals surface area contributed by atoms with Crippen LogP contribution in [0.25, 0.3) is 0 Å². The van der Waals surface area contributed by atoms with Crippen molar-refractivity contribution < 1.29 is 14.3 Å². The fourth-order valence-corrected chi connectivity index (χ4v) is 2.64. The third-order valence-electron chi connectivity index (χ3n) is 3.98. The van der Waals surface area contributed by atoms with Gasteiger partial charge in [-0.05, 0) is 38.0 Å². The molecule has 1 fully saturated rings. The summed E-state index contributed by atoms with van der Waals surface area (Å²) in [5, 5.41) is 5.94. The lowest BCUT2D eigenvalue weighted by Crippen LogP contribution is -2.38. The molecule has 5 nitrogen and oxygen atoms in total. The van der Waals surface area contributed by atoms with Crippen molar-refractivity contribution in [3.8, 4) is 0 Å². The van der Waals surface area contributed by atoms with Crippen molar-refractivity contribution in [2.24, 2.45) is 17.8 Å². The molecule has 0 atom stereocenters. The molecule has 5 heteroatoms. The van der Waals surface area contributed by atoms with Gasteiger partial charge in [-0.1, -0.05) is 13.8 Å². The fourth-order valence-electron chi connectivity index (χ4n) is 2.64. The Morgan fingerprint density at radius 1 is 1.05 bits per heavy atom. The highest BCUT2D eigenvalue weighted by Gasteiger charge is 2.29. The third-order valence-corrected chi connectivity index (χ3v) is 3.98. The minimum atomic E-state index is 0.0710. The second kappa shape index (κ2) is 9.77. The number of ether oxygens (including phenoxy) is 1. The third kappa shape index (κ3) is 6.93. The Kier molecular flexibility index (Phi) is 8.35. The van der Waals surface area contributed by atoms with E-state index < -0.39 is 0 Å². The predicted molar refractivity (Wildman–Crippen MR) is 82.8 cm³/mol. The monoisotopic (exact) mass is 298 g/mol. The summed E-state index contributed by atoms with van der Waals surface area (Å²) in [7, 11) is 1.66. The Balaban J connectivity index is 2.21. The quantitative estimate of drug-likeness (QED) is 0.671. The van der Waals surface area contributed by atoms with Crippen LogP contribution in [0.3, 0.4) is 0 Å². The van der Waals surface area contributed by atoms with Crippen LogP contribution in [0, 0.1) is 17.8 Å². The normalized spacial score (nSPS) is 22.1. The topological polar surface area (TPSA) is 67.4 Å². The van der Waals surface area contributed by atoms with Crippen LogP contribution in [0.4, 0.5) is 0 Å². The number of carbonyl (C=O) groups is 2. The Morgan fingerprint density at radius 3 is 2.05 bits per heavy atom. The van der Waals surface area contributed by atoms with E-state index in [9.17, 15) is 9.59 Å². The van der Waals surface area contributed by atoms with E-state index in [1.807, 2.05) is 0 Å². The molecule has 0 bridgehead atoms. The zero-order valence-corrected chi connectivity index (χ0v) is 13.6. The number of hydrogen-bond donors (Lipinski definition) is 2. The van der Waals surface area contributed by atoms with E-state index in [0.717, 1.165) is 38.6 Å². The Morgan fingerprint density at radius 2 is 1.57 bits per heavy atom. The van der Waals surface area contributed by atoms with Crippen molar-refractivity contribution in [3.63, 3.8) is 0 Å². The maximum atomic E-state index is 12.0. The van der Waals surface area contributed by atoms with E-state index in [1.165, 1.54) is 0 Å². The highest BCUT2D eigenvalue weighted by atomic mass is 16.5. The molecule has 2 amide bonds. The summed E-state index contributed by atoms with van der Waals surface area (Å²) in [5.41, 5.74) is 0. The summed E-state index contributed by atoms with van der Waals surface area (Å²) in [6.45, 7) is 6.25. The molecule has 0 unspecified atom stereocenters. The molecule has 0 aromatic carbocycles. The van der Waals surface area contributed by atoms with Crippen molar-refractivity contribution in [1.29, 1.82) is 0 Å². The van der Waals surface area contributed by atoms with E-state index in [2.05, 4.69) is 24.5 Å². The molecular formula is C16H30N2O3. The second-order valence-electron chi connectivity index (χ2n) is 6.32. The Bertz CT molecular complexity index is 323. The second-order valence-corrected chi connectivity index (χ2v) is 6.32. The zero-order valence-electron chi connectivity index (χ0n) is 13.6. The van der Waals surface area contributed by atoms with E-state index in [4.69, 9.17) is 4.74 Å². The first-order valence-corrected chi connectivity index (χ1v) is 8.09. The van der Waals surface area contributed by atoms with Crippen LogP contribution in [-0.4, -0.2) is 38.6 Å². The molecule has 0 aromatic heterocycles. The summed E-state index contributed by atoms with van der Waals surface area (Å²) in [6, 6.07) is 0. The fraction of sp³-hybridized carbons (Fsp3) is 0.875. The van der Waals surface area contributed by atoms with Crippen molar-refractivity contribution in [1.82, 2.24) is 10.6 Å². The van der Waals surface area contributed by atoms with Gasteiger partial charge in [0, 0.05) is 38.6 Å². The smallest absolute Gasteiger partial charge is 0.223 e. The molecule has 122 valence electrons. The van der Waals surface area contributed by atoms with Crippen molar-refractivity contribution in [2.45, 2.75) is 46.0 Å². The van der Waals surface area contributed by atoms with Gasteiger partial charge in [0.05, 0.1) is 0 Å². The predicted octanol–water partition coefficient (Wildman–Crippen LogP) is 1.72. The number of rotatable bonds is 8. The van der Waals surface area contributed by atoms with Crippen LogP contribution in [0.2, 0.25) is 0 Å². The average molecular weight is 298 g/mol. The number of carbonyl (C=O) groups excluding carboxylic acids is 2.